The number of aromatic nitrogens is 4. The molecule has 8 nitrogen and oxygen atoms in total. The van der Waals surface area contributed by atoms with E-state index in [4.69, 9.17) is 0 Å². The zero-order chi connectivity index (χ0) is 22.6. The Bertz CT molecular complexity index is 1070. The third-order valence-corrected chi connectivity index (χ3v) is 6.90. The van der Waals surface area contributed by atoms with Gasteiger partial charge in [-0.1, -0.05) is 0 Å². The van der Waals surface area contributed by atoms with Crippen LogP contribution in [-0.4, -0.2) is 51.1 Å². The number of hydrogen-bond acceptors (Lipinski definition) is 4. The summed E-state index contributed by atoms with van der Waals surface area (Å²) in [7, 11) is 1.68. The Balaban J connectivity index is 1.35. The van der Waals surface area contributed by atoms with Crippen LogP contribution in [-0.2, 0) is 37.0 Å². The number of nitrogens with zero attached hydrogens (tertiary/aromatic N) is 4. The summed E-state index contributed by atoms with van der Waals surface area (Å²) in [6.45, 7) is 0.470. The fourth-order valence-electron chi connectivity index (χ4n) is 5.16. The lowest BCUT2D eigenvalue weighted by molar-refractivity contribution is -0.177. The molecule has 0 spiro atoms. The van der Waals surface area contributed by atoms with Gasteiger partial charge in [0.15, 0.2) is 5.69 Å². The van der Waals surface area contributed by atoms with Crippen molar-refractivity contribution in [3.63, 3.8) is 0 Å². The van der Waals surface area contributed by atoms with E-state index >= 15 is 0 Å². The van der Waals surface area contributed by atoms with Gasteiger partial charge < -0.3 is 5.32 Å². The van der Waals surface area contributed by atoms with Gasteiger partial charge in [0.2, 0.25) is 0 Å². The van der Waals surface area contributed by atoms with Gasteiger partial charge in [0.25, 0.3) is 11.8 Å². The molecule has 2 atom stereocenters. The highest BCUT2D eigenvalue weighted by atomic mass is 19.4. The number of alkyl halides is 3. The van der Waals surface area contributed by atoms with Crippen LogP contribution >= 0.6 is 0 Å². The van der Waals surface area contributed by atoms with Gasteiger partial charge in [-0.15, -0.1) is 0 Å². The highest BCUT2D eigenvalue weighted by Gasteiger charge is 2.43. The second-order valence-electron chi connectivity index (χ2n) is 8.90. The molecule has 2 aromatic rings. The number of hydrogen-bond donors (Lipinski definition) is 2. The number of H-pyrrole nitrogens is 1. The third kappa shape index (κ3) is 3.47. The van der Waals surface area contributed by atoms with Crippen molar-refractivity contribution < 1.29 is 22.8 Å². The Morgan fingerprint density at radius 3 is 2.72 bits per heavy atom. The SMILES string of the molecule is CN1C(=O)C(NC(=O)c2n[nH]c3c2CC(C(F)(F)F)CC3)CCn2nc3c(c21)CCCC3. The minimum absolute atomic E-state index is 0.0263. The summed E-state index contributed by atoms with van der Waals surface area (Å²) in [5.41, 5.74) is 2.94. The zero-order valence-corrected chi connectivity index (χ0v) is 17.8. The summed E-state index contributed by atoms with van der Waals surface area (Å²) in [5, 5.41) is 14.1. The quantitative estimate of drug-likeness (QED) is 0.734. The molecule has 2 N–H and O–H groups in total. The van der Waals surface area contributed by atoms with Crippen molar-refractivity contribution in [3.8, 4) is 0 Å². The fourth-order valence-corrected chi connectivity index (χ4v) is 5.16. The lowest BCUT2D eigenvalue weighted by Gasteiger charge is -2.25. The number of amides is 2. The maximum Gasteiger partial charge on any atom is 0.392 e. The normalized spacial score (nSPS) is 23.2. The standard InChI is InChI=1S/C21H25F3N6O2/c1-29-19-12-4-2-3-5-15(12)28-30(19)9-8-16(20(29)32)25-18(31)17-13-10-11(21(22,23)24)6-7-14(13)26-27-17/h11,16H,2-10H2,1H3,(H,25,31)(H,26,27). The topological polar surface area (TPSA) is 95.9 Å². The van der Waals surface area contributed by atoms with Crippen molar-refractivity contribution in [2.75, 3.05) is 11.9 Å². The molecule has 172 valence electrons. The van der Waals surface area contributed by atoms with Gasteiger partial charge in [-0.2, -0.15) is 23.4 Å². The highest BCUT2D eigenvalue weighted by Crippen LogP contribution is 2.37. The van der Waals surface area contributed by atoms with E-state index in [-0.39, 0.29) is 30.9 Å². The van der Waals surface area contributed by atoms with Crippen LogP contribution < -0.4 is 10.2 Å². The predicted octanol–water partition coefficient (Wildman–Crippen LogP) is 2.32. The van der Waals surface area contributed by atoms with E-state index in [1.165, 1.54) is 0 Å². The molecule has 32 heavy (non-hydrogen) atoms. The number of anilines is 1. The highest BCUT2D eigenvalue weighted by molar-refractivity contribution is 6.02. The van der Waals surface area contributed by atoms with E-state index in [0.717, 1.165) is 42.8 Å². The van der Waals surface area contributed by atoms with Gasteiger partial charge in [0.05, 0.1) is 11.6 Å². The predicted molar refractivity (Wildman–Crippen MR) is 108 cm³/mol. The second kappa shape index (κ2) is 7.63. The smallest absolute Gasteiger partial charge is 0.339 e. The molecule has 11 heteroatoms. The van der Waals surface area contributed by atoms with E-state index < -0.39 is 24.0 Å². The summed E-state index contributed by atoms with van der Waals surface area (Å²) < 4.78 is 41.5. The number of aryl methyl sites for hydroxylation is 3. The molecule has 2 amide bonds. The maximum atomic E-state index is 13.2. The molecule has 0 aromatic carbocycles. The first-order valence-electron chi connectivity index (χ1n) is 11.0. The maximum absolute atomic E-state index is 13.2. The average Bonchev–Trinajstić information content (AvgIpc) is 3.32. The van der Waals surface area contributed by atoms with Crippen molar-refractivity contribution in [2.45, 2.75) is 70.1 Å². The number of aromatic amines is 1. The first-order chi connectivity index (χ1) is 15.2. The van der Waals surface area contributed by atoms with Gasteiger partial charge in [-0.25, -0.2) is 4.68 Å². The number of carbonyl (C=O) groups is 2. The largest absolute Gasteiger partial charge is 0.392 e. The van der Waals surface area contributed by atoms with Crippen LogP contribution in [0.15, 0.2) is 0 Å². The van der Waals surface area contributed by atoms with Crippen LogP contribution in [0.4, 0.5) is 19.0 Å². The first-order valence-corrected chi connectivity index (χ1v) is 11.0. The number of carbonyl (C=O) groups excluding carboxylic acids is 2. The first kappa shape index (κ1) is 21.0. The minimum Gasteiger partial charge on any atom is -0.339 e. The minimum atomic E-state index is -4.32. The van der Waals surface area contributed by atoms with Gasteiger partial charge in [0.1, 0.15) is 11.9 Å². The van der Waals surface area contributed by atoms with Crippen molar-refractivity contribution >= 4 is 17.6 Å². The van der Waals surface area contributed by atoms with E-state index in [0.29, 0.717) is 24.2 Å². The number of fused-ring (bicyclic) bond motifs is 4. The van der Waals surface area contributed by atoms with Gasteiger partial charge in [0, 0.05) is 30.4 Å². The molecule has 1 aliphatic heterocycles. The van der Waals surface area contributed by atoms with E-state index in [1.807, 2.05) is 4.68 Å². The molecule has 2 aromatic heterocycles. The molecule has 0 radical (unpaired) electrons. The third-order valence-electron chi connectivity index (χ3n) is 6.90. The number of halogens is 3. The van der Waals surface area contributed by atoms with Crippen LogP contribution in [0.25, 0.3) is 0 Å². The molecular formula is C21H25F3N6O2. The summed E-state index contributed by atoms with van der Waals surface area (Å²) in [6, 6.07) is -0.803. The summed E-state index contributed by atoms with van der Waals surface area (Å²) in [6.07, 6.45) is -0.168. The monoisotopic (exact) mass is 450 g/mol. The average molecular weight is 450 g/mol. The Labute approximate surface area is 182 Å². The molecule has 2 aliphatic carbocycles. The molecule has 0 fully saturated rings. The summed E-state index contributed by atoms with van der Waals surface area (Å²) in [4.78, 5) is 27.7. The van der Waals surface area contributed by atoms with E-state index in [1.54, 1.807) is 11.9 Å². The number of nitrogens with one attached hydrogen (secondary N) is 2. The Morgan fingerprint density at radius 1 is 1.16 bits per heavy atom. The summed E-state index contributed by atoms with van der Waals surface area (Å²) >= 11 is 0. The molecule has 3 aliphatic rings. The number of rotatable bonds is 2. The van der Waals surface area contributed by atoms with Crippen molar-refractivity contribution in [1.29, 1.82) is 0 Å². The number of likely N-dealkylation sites (N-methyl/N-ethyl adjacent to an activating group) is 1. The van der Waals surface area contributed by atoms with Crippen molar-refractivity contribution in [3.05, 3.63) is 28.2 Å². The lowest BCUT2D eigenvalue weighted by atomic mass is 9.86. The van der Waals surface area contributed by atoms with E-state index in [9.17, 15) is 22.8 Å². The molecule has 0 bridgehead atoms. The van der Waals surface area contributed by atoms with Crippen LogP contribution in [0, 0.1) is 5.92 Å². The molecule has 0 saturated heterocycles. The molecule has 2 unspecified atom stereocenters. The fraction of sp³-hybridized carbons (Fsp3) is 0.619. The van der Waals surface area contributed by atoms with Gasteiger partial charge in [-0.3, -0.25) is 19.6 Å². The van der Waals surface area contributed by atoms with Crippen LogP contribution in [0.1, 0.15) is 58.7 Å². The zero-order valence-electron chi connectivity index (χ0n) is 17.8. The lowest BCUT2D eigenvalue weighted by Crippen LogP contribution is -2.47. The van der Waals surface area contributed by atoms with Crippen LogP contribution in [0.3, 0.4) is 0 Å². The van der Waals surface area contributed by atoms with Crippen molar-refractivity contribution in [2.24, 2.45) is 5.92 Å². The molecule has 3 heterocycles. The second-order valence-corrected chi connectivity index (χ2v) is 8.90. The molecule has 5 rings (SSSR count). The Hall–Kier alpha value is -2.85. The Morgan fingerprint density at radius 2 is 1.94 bits per heavy atom. The van der Waals surface area contributed by atoms with Crippen molar-refractivity contribution in [1.82, 2.24) is 25.3 Å². The summed E-state index contributed by atoms with van der Waals surface area (Å²) in [5.74, 6) is -1.60. The molecule has 0 saturated carbocycles. The van der Waals surface area contributed by atoms with E-state index in [2.05, 4.69) is 20.6 Å². The van der Waals surface area contributed by atoms with Crippen LogP contribution in [0.5, 0.6) is 0 Å². The van der Waals surface area contributed by atoms with Gasteiger partial charge >= 0.3 is 6.18 Å². The molecular weight excluding hydrogens is 425 g/mol. The van der Waals surface area contributed by atoms with Gasteiger partial charge in [-0.05, 0) is 51.4 Å². The Kier molecular flexibility index (Phi) is 5.01. The van der Waals surface area contributed by atoms with Crippen LogP contribution in [0.2, 0.25) is 0 Å².